The third-order valence-corrected chi connectivity index (χ3v) is 4.95. The van der Waals surface area contributed by atoms with Crippen LogP contribution in [-0.2, 0) is 14.3 Å². The van der Waals surface area contributed by atoms with Gasteiger partial charge in [0.15, 0.2) is 5.78 Å². The number of pyridine rings is 1. The molecule has 0 spiro atoms. The maximum Gasteiger partial charge on any atom is 0.319 e. The van der Waals surface area contributed by atoms with Crippen LogP contribution in [0.4, 0.5) is 0 Å². The standard InChI is InChI=1S/C18H25NO4/c1-17(2,14(20)13-9-5-8-12-19-13)15(21)18(16(22)23-3)10-6-4-7-11-18/h5,8-9,12,14,20H,4,6-7,10-11H2,1-3H3. The molecule has 1 atom stereocenters. The van der Waals surface area contributed by atoms with Gasteiger partial charge < -0.3 is 9.84 Å². The second-order valence-corrected chi connectivity index (χ2v) is 6.84. The van der Waals surface area contributed by atoms with E-state index in [-0.39, 0.29) is 5.78 Å². The summed E-state index contributed by atoms with van der Waals surface area (Å²) in [6, 6.07) is 5.20. The lowest BCUT2D eigenvalue weighted by molar-refractivity contribution is -0.166. The van der Waals surface area contributed by atoms with Crippen LogP contribution in [0.1, 0.15) is 57.7 Å². The molecule has 0 bridgehead atoms. The fourth-order valence-corrected chi connectivity index (χ4v) is 3.52. The Hall–Kier alpha value is -1.75. The SMILES string of the molecule is COC(=O)C1(C(=O)C(C)(C)C(O)c2ccccn2)CCCCC1. The summed E-state index contributed by atoms with van der Waals surface area (Å²) in [7, 11) is 1.31. The van der Waals surface area contributed by atoms with Crippen molar-refractivity contribution in [1.29, 1.82) is 0 Å². The minimum Gasteiger partial charge on any atom is -0.468 e. The molecular formula is C18H25NO4. The molecule has 1 saturated carbocycles. The summed E-state index contributed by atoms with van der Waals surface area (Å²) < 4.78 is 4.94. The lowest BCUT2D eigenvalue weighted by Crippen LogP contribution is -2.50. The maximum atomic E-state index is 13.3. The second-order valence-electron chi connectivity index (χ2n) is 6.84. The van der Waals surface area contributed by atoms with Gasteiger partial charge >= 0.3 is 5.97 Å². The molecule has 5 heteroatoms. The van der Waals surface area contributed by atoms with Gasteiger partial charge in [0.2, 0.25) is 0 Å². The van der Waals surface area contributed by atoms with Gasteiger partial charge in [-0.05, 0) is 38.8 Å². The highest BCUT2D eigenvalue weighted by atomic mass is 16.5. The van der Waals surface area contributed by atoms with Crippen molar-refractivity contribution in [2.75, 3.05) is 7.11 Å². The van der Waals surface area contributed by atoms with E-state index in [0.29, 0.717) is 18.5 Å². The summed E-state index contributed by atoms with van der Waals surface area (Å²) in [6.07, 6.45) is 4.12. The highest BCUT2D eigenvalue weighted by Crippen LogP contribution is 2.46. The highest BCUT2D eigenvalue weighted by Gasteiger charge is 2.54. The Balaban J connectivity index is 2.36. The fraction of sp³-hybridized carbons (Fsp3) is 0.611. The Kier molecular flexibility index (Phi) is 5.19. The number of aliphatic hydroxyl groups excluding tert-OH is 1. The molecule has 0 amide bonds. The number of carbonyl (C=O) groups is 2. The average molecular weight is 319 g/mol. The lowest BCUT2D eigenvalue weighted by atomic mass is 9.62. The second kappa shape index (κ2) is 6.79. The first-order valence-corrected chi connectivity index (χ1v) is 8.08. The number of ether oxygens (including phenoxy) is 1. The van der Waals surface area contributed by atoms with Crippen LogP contribution in [0.2, 0.25) is 0 Å². The molecular weight excluding hydrogens is 294 g/mol. The van der Waals surface area contributed by atoms with Gasteiger partial charge in [-0.1, -0.05) is 25.3 Å². The number of aliphatic hydroxyl groups is 1. The van der Waals surface area contributed by atoms with Crippen molar-refractivity contribution in [2.45, 2.75) is 52.1 Å². The Morgan fingerprint density at radius 2 is 1.91 bits per heavy atom. The number of hydrogen-bond acceptors (Lipinski definition) is 5. The number of carbonyl (C=O) groups excluding carboxylic acids is 2. The molecule has 0 aromatic carbocycles. The summed E-state index contributed by atoms with van der Waals surface area (Å²) >= 11 is 0. The molecule has 1 aromatic heterocycles. The number of aromatic nitrogens is 1. The van der Waals surface area contributed by atoms with Gasteiger partial charge in [0.1, 0.15) is 11.5 Å². The van der Waals surface area contributed by atoms with E-state index < -0.39 is 22.9 Å². The van der Waals surface area contributed by atoms with E-state index >= 15 is 0 Å². The maximum absolute atomic E-state index is 13.3. The predicted octanol–water partition coefficient (Wildman–Crippen LogP) is 2.83. The number of methoxy groups -OCH3 is 1. The molecule has 0 radical (unpaired) electrons. The number of Topliss-reactive ketones (excluding diaryl/α,β-unsaturated/α-hetero) is 1. The monoisotopic (exact) mass is 319 g/mol. The minimum absolute atomic E-state index is 0.255. The van der Waals surface area contributed by atoms with E-state index in [1.807, 2.05) is 0 Å². The molecule has 1 heterocycles. The molecule has 0 aliphatic heterocycles. The molecule has 23 heavy (non-hydrogen) atoms. The van der Waals surface area contributed by atoms with Crippen molar-refractivity contribution >= 4 is 11.8 Å². The Morgan fingerprint density at radius 1 is 1.26 bits per heavy atom. The zero-order valence-corrected chi connectivity index (χ0v) is 14.0. The molecule has 1 N–H and O–H groups in total. The summed E-state index contributed by atoms with van der Waals surface area (Å²) in [4.78, 5) is 29.8. The first kappa shape index (κ1) is 17.6. The zero-order valence-electron chi connectivity index (χ0n) is 14.0. The van der Waals surface area contributed by atoms with Gasteiger partial charge in [0.05, 0.1) is 18.2 Å². The number of nitrogens with zero attached hydrogens (tertiary/aromatic N) is 1. The average Bonchev–Trinajstić information content (AvgIpc) is 2.60. The normalized spacial score (nSPS) is 19.0. The van der Waals surface area contributed by atoms with Crippen LogP contribution in [0.25, 0.3) is 0 Å². The van der Waals surface area contributed by atoms with E-state index in [1.165, 1.54) is 7.11 Å². The summed E-state index contributed by atoms with van der Waals surface area (Å²) in [5.74, 6) is -0.738. The van der Waals surface area contributed by atoms with Crippen LogP contribution in [-0.4, -0.2) is 29.0 Å². The largest absolute Gasteiger partial charge is 0.468 e. The van der Waals surface area contributed by atoms with Crippen molar-refractivity contribution < 1.29 is 19.4 Å². The van der Waals surface area contributed by atoms with E-state index in [2.05, 4.69) is 4.98 Å². The van der Waals surface area contributed by atoms with E-state index in [1.54, 1.807) is 38.2 Å². The first-order chi connectivity index (χ1) is 10.9. The lowest BCUT2D eigenvalue weighted by Gasteiger charge is -2.40. The van der Waals surface area contributed by atoms with Crippen molar-refractivity contribution in [1.82, 2.24) is 4.98 Å². The van der Waals surface area contributed by atoms with E-state index in [4.69, 9.17) is 4.74 Å². The number of esters is 1. The van der Waals surface area contributed by atoms with Gasteiger partial charge in [-0.3, -0.25) is 14.6 Å². The topological polar surface area (TPSA) is 76.5 Å². The van der Waals surface area contributed by atoms with Crippen LogP contribution in [0.15, 0.2) is 24.4 Å². The van der Waals surface area contributed by atoms with Crippen LogP contribution < -0.4 is 0 Å². The third-order valence-electron chi connectivity index (χ3n) is 4.95. The zero-order chi connectivity index (χ0) is 17.1. The predicted molar refractivity (Wildman–Crippen MR) is 85.5 cm³/mol. The Bertz CT molecular complexity index is 562. The smallest absolute Gasteiger partial charge is 0.319 e. The van der Waals surface area contributed by atoms with E-state index in [9.17, 15) is 14.7 Å². The molecule has 1 unspecified atom stereocenters. The molecule has 1 aliphatic rings. The fourth-order valence-electron chi connectivity index (χ4n) is 3.52. The number of ketones is 1. The molecule has 1 aliphatic carbocycles. The molecule has 0 saturated heterocycles. The van der Waals surface area contributed by atoms with Gasteiger partial charge in [-0.15, -0.1) is 0 Å². The highest BCUT2D eigenvalue weighted by molar-refractivity contribution is 6.06. The van der Waals surface area contributed by atoms with Crippen LogP contribution in [0.5, 0.6) is 0 Å². The van der Waals surface area contributed by atoms with E-state index in [0.717, 1.165) is 19.3 Å². The third kappa shape index (κ3) is 3.15. The van der Waals surface area contributed by atoms with Gasteiger partial charge in [-0.2, -0.15) is 0 Å². The molecule has 5 nitrogen and oxygen atoms in total. The summed E-state index contributed by atoms with van der Waals surface area (Å²) in [5, 5.41) is 10.7. The molecule has 1 fully saturated rings. The van der Waals surface area contributed by atoms with Crippen LogP contribution >= 0.6 is 0 Å². The van der Waals surface area contributed by atoms with Crippen molar-refractivity contribution in [3.63, 3.8) is 0 Å². The molecule has 1 aromatic rings. The van der Waals surface area contributed by atoms with Crippen molar-refractivity contribution in [2.24, 2.45) is 10.8 Å². The van der Waals surface area contributed by atoms with Gasteiger partial charge in [-0.25, -0.2) is 0 Å². The van der Waals surface area contributed by atoms with Crippen LogP contribution in [0.3, 0.4) is 0 Å². The first-order valence-electron chi connectivity index (χ1n) is 8.08. The van der Waals surface area contributed by atoms with Gasteiger partial charge in [0.25, 0.3) is 0 Å². The van der Waals surface area contributed by atoms with Crippen LogP contribution in [0, 0.1) is 10.8 Å². The Morgan fingerprint density at radius 3 is 2.43 bits per heavy atom. The molecule has 2 rings (SSSR count). The minimum atomic E-state index is -1.15. The quantitative estimate of drug-likeness (QED) is 0.667. The summed E-state index contributed by atoms with van der Waals surface area (Å²) in [6.45, 7) is 3.35. The Labute approximate surface area is 137 Å². The molecule has 126 valence electrons. The van der Waals surface area contributed by atoms with Crippen molar-refractivity contribution in [3.8, 4) is 0 Å². The van der Waals surface area contributed by atoms with Crippen molar-refractivity contribution in [3.05, 3.63) is 30.1 Å². The summed E-state index contributed by atoms with van der Waals surface area (Å²) in [5.41, 5.74) is -1.84. The van der Waals surface area contributed by atoms with Gasteiger partial charge in [0, 0.05) is 6.20 Å². The number of hydrogen-bond donors (Lipinski definition) is 1. The number of rotatable bonds is 5.